The quantitative estimate of drug-likeness (QED) is 0.791. The molecule has 0 bridgehead atoms. The summed E-state index contributed by atoms with van der Waals surface area (Å²) in [4.78, 5) is 4.30. The number of rotatable bonds is 7. The third kappa shape index (κ3) is 4.03. The van der Waals surface area contributed by atoms with Gasteiger partial charge in [-0.05, 0) is 31.6 Å². The summed E-state index contributed by atoms with van der Waals surface area (Å²) in [6.45, 7) is 4.22. The van der Waals surface area contributed by atoms with E-state index in [-0.39, 0.29) is 0 Å². The highest BCUT2D eigenvalue weighted by atomic mass is 32.2. The molecule has 2 rings (SSSR count). The van der Waals surface area contributed by atoms with Crippen LogP contribution in [0.2, 0.25) is 0 Å². The van der Waals surface area contributed by atoms with Crippen LogP contribution >= 0.6 is 11.8 Å². The van der Waals surface area contributed by atoms with Gasteiger partial charge in [0, 0.05) is 17.8 Å². The highest BCUT2D eigenvalue weighted by Gasteiger charge is 2.32. The number of hydrogen-bond acceptors (Lipinski definition) is 4. The Bertz CT molecular complexity index is 389. The maximum Gasteiger partial charge on any atom is 0.0547 e. The van der Waals surface area contributed by atoms with Gasteiger partial charge in [-0.25, -0.2) is 0 Å². The molecular formula is C15H25N3S. The Morgan fingerprint density at radius 2 is 1.89 bits per heavy atom. The first-order valence-electron chi connectivity index (χ1n) is 7.26. The van der Waals surface area contributed by atoms with Crippen LogP contribution in [0.25, 0.3) is 0 Å². The van der Waals surface area contributed by atoms with Crippen molar-refractivity contribution in [3.63, 3.8) is 0 Å². The van der Waals surface area contributed by atoms with Crippen molar-refractivity contribution in [3.8, 4) is 0 Å². The molecule has 1 saturated carbocycles. The van der Waals surface area contributed by atoms with E-state index in [9.17, 15) is 0 Å². The lowest BCUT2D eigenvalue weighted by atomic mass is 10.1. The lowest BCUT2D eigenvalue weighted by molar-refractivity contribution is 0.640. The van der Waals surface area contributed by atoms with Gasteiger partial charge in [-0.1, -0.05) is 19.8 Å². The van der Waals surface area contributed by atoms with Gasteiger partial charge in [0.1, 0.15) is 0 Å². The number of nitrogens with zero attached hydrogens (tertiary/aromatic N) is 1. The smallest absolute Gasteiger partial charge is 0.0547 e. The Balaban J connectivity index is 1.91. The Kier molecular flexibility index (Phi) is 5.37. The summed E-state index contributed by atoms with van der Waals surface area (Å²) >= 11 is 2.02. The minimum atomic E-state index is 0.437. The Labute approximate surface area is 121 Å². The molecule has 0 atom stereocenters. The molecule has 0 spiro atoms. The van der Waals surface area contributed by atoms with Gasteiger partial charge in [0.15, 0.2) is 0 Å². The molecule has 0 aliphatic heterocycles. The standard InChI is InChI=1S/C15H25N3S/c1-3-8-17-13-9-14(11-16-10-13)18-12-15(19-2)6-4-5-7-15/h9-11,17-18H,3-8,12H2,1-2H3. The monoisotopic (exact) mass is 279 g/mol. The average molecular weight is 279 g/mol. The van der Waals surface area contributed by atoms with Crippen LogP contribution in [0, 0.1) is 0 Å². The molecule has 0 aromatic carbocycles. The largest absolute Gasteiger partial charge is 0.384 e. The molecule has 106 valence electrons. The second kappa shape index (κ2) is 7.04. The van der Waals surface area contributed by atoms with E-state index >= 15 is 0 Å². The fourth-order valence-electron chi connectivity index (χ4n) is 2.64. The van der Waals surface area contributed by atoms with Crippen LogP contribution in [0.15, 0.2) is 18.5 Å². The maximum atomic E-state index is 4.30. The van der Waals surface area contributed by atoms with Crippen molar-refractivity contribution in [2.45, 2.75) is 43.8 Å². The fraction of sp³-hybridized carbons (Fsp3) is 0.667. The zero-order valence-electron chi connectivity index (χ0n) is 12.0. The molecular weight excluding hydrogens is 254 g/mol. The molecule has 0 radical (unpaired) electrons. The van der Waals surface area contributed by atoms with Crippen molar-refractivity contribution in [2.75, 3.05) is 30.0 Å². The lowest BCUT2D eigenvalue weighted by Gasteiger charge is -2.27. The van der Waals surface area contributed by atoms with Crippen LogP contribution in [0.3, 0.4) is 0 Å². The molecule has 0 saturated heterocycles. The van der Waals surface area contributed by atoms with Crippen molar-refractivity contribution < 1.29 is 0 Å². The van der Waals surface area contributed by atoms with Gasteiger partial charge in [0.2, 0.25) is 0 Å². The average Bonchev–Trinajstić information content (AvgIpc) is 2.93. The van der Waals surface area contributed by atoms with Gasteiger partial charge in [0.25, 0.3) is 0 Å². The third-order valence-corrected chi connectivity index (χ3v) is 5.30. The number of aromatic nitrogens is 1. The first-order chi connectivity index (χ1) is 9.28. The van der Waals surface area contributed by atoms with Gasteiger partial charge in [0.05, 0.1) is 23.8 Å². The molecule has 0 unspecified atom stereocenters. The van der Waals surface area contributed by atoms with Crippen molar-refractivity contribution in [1.82, 2.24) is 4.98 Å². The summed E-state index contributed by atoms with van der Waals surface area (Å²) in [5.74, 6) is 0. The van der Waals surface area contributed by atoms with Gasteiger partial charge < -0.3 is 10.6 Å². The van der Waals surface area contributed by atoms with Gasteiger partial charge in [-0.2, -0.15) is 11.8 Å². The molecule has 1 aliphatic rings. The first-order valence-corrected chi connectivity index (χ1v) is 8.48. The van der Waals surface area contributed by atoms with E-state index < -0.39 is 0 Å². The lowest BCUT2D eigenvalue weighted by Crippen LogP contribution is -2.30. The van der Waals surface area contributed by atoms with Crippen molar-refractivity contribution in [1.29, 1.82) is 0 Å². The van der Waals surface area contributed by atoms with E-state index in [1.165, 1.54) is 25.7 Å². The summed E-state index contributed by atoms with van der Waals surface area (Å²) in [7, 11) is 0. The minimum Gasteiger partial charge on any atom is -0.384 e. The maximum absolute atomic E-state index is 4.30. The van der Waals surface area contributed by atoms with Crippen molar-refractivity contribution in [2.24, 2.45) is 0 Å². The molecule has 2 N–H and O–H groups in total. The SMILES string of the molecule is CCCNc1cncc(NCC2(SC)CCCC2)c1. The van der Waals surface area contributed by atoms with Crippen molar-refractivity contribution >= 4 is 23.1 Å². The van der Waals surface area contributed by atoms with Gasteiger partial charge in [-0.15, -0.1) is 0 Å². The number of anilines is 2. The van der Waals surface area contributed by atoms with Crippen LogP contribution < -0.4 is 10.6 Å². The first kappa shape index (κ1) is 14.5. The zero-order chi connectivity index (χ0) is 13.6. The van der Waals surface area contributed by atoms with Crippen LogP contribution in [-0.2, 0) is 0 Å². The molecule has 1 fully saturated rings. The Hall–Kier alpha value is -0.900. The zero-order valence-corrected chi connectivity index (χ0v) is 12.9. The summed E-state index contributed by atoms with van der Waals surface area (Å²) in [6, 6.07) is 2.16. The number of pyridine rings is 1. The molecule has 4 heteroatoms. The van der Waals surface area contributed by atoms with E-state index in [0.29, 0.717) is 4.75 Å². The predicted molar refractivity (Wildman–Crippen MR) is 86.2 cm³/mol. The molecule has 0 amide bonds. The molecule has 3 nitrogen and oxygen atoms in total. The Morgan fingerprint density at radius 3 is 2.53 bits per heavy atom. The minimum absolute atomic E-state index is 0.437. The summed E-state index contributed by atoms with van der Waals surface area (Å²) in [5, 5.41) is 6.95. The van der Waals surface area contributed by atoms with E-state index in [4.69, 9.17) is 0 Å². The molecule has 1 aromatic rings. The number of thioether (sulfide) groups is 1. The van der Waals surface area contributed by atoms with Gasteiger partial charge in [-0.3, -0.25) is 4.98 Å². The molecule has 1 aliphatic carbocycles. The number of hydrogen-bond donors (Lipinski definition) is 2. The van der Waals surface area contributed by atoms with Crippen LogP contribution in [0.1, 0.15) is 39.0 Å². The second-order valence-electron chi connectivity index (χ2n) is 5.34. The summed E-state index contributed by atoms with van der Waals surface area (Å²) in [6.07, 6.45) is 12.6. The third-order valence-electron chi connectivity index (χ3n) is 3.88. The van der Waals surface area contributed by atoms with Gasteiger partial charge >= 0.3 is 0 Å². The summed E-state index contributed by atoms with van der Waals surface area (Å²) < 4.78 is 0.437. The normalized spacial score (nSPS) is 17.4. The van der Waals surface area contributed by atoms with E-state index in [2.05, 4.69) is 34.9 Å². The highest BCUT2D eigenvalue weighted by Crippen LogP contribution is 2.40. The van der Waals surface area contributed by atoms with Crippen LogP contribution in [0.5, 0.6) is 0 Å². The number of nitrogens with one attached hydrogen (secondary N) is 2. The van der Waals surface area contributed by atoms with E-state index in [0.717, 1.165) is 30.9 Å². The van der Waals surface area contributed by atoms with Crippen molar-refractivity contribution in [3.05, 3.63) is 18.5 Å². The topological polar surface area (TPSA) is 37.0 Å². The van der Waals surface area contributed by atoms with E-state index in [1.807, 2.05) is 24.2 Å². The molecule has 1 heterocycles. The second-order valence-corrected chi connectivity index (χ2v) is 6.61. The predicted octanol–water partition coefficient (Wildman–Crippen LogP) is 3.99. The Morgan fingerprint density at radius 1 is 1.21 bits per heavy atom. The molecule has 19 heavy (non-hydrogen) atoms. The fourth-order valence-corrected chi connectivity index (χ4v) is 3.55. The van der Waals surface area contributed by atoms with Crippen LogP contribution in [-0.4, -0.2) is 29.1 Å². The highest BCUT2D eigenvalue weighted by molar-refractivity contribution is 8.00. The molecule has 1 aromatic heterocycles. The van der Waals surface area contributed by atoms with Crippen LogP contribution in [0.4, 0.5) is 11.4 Å². The summed E-state index contributed by atoms with van der Waals surface area (Å²) in [5.41, 5.74) is 2.23. The van der Waals surface area contributed by atoms with E-state index in [1.54, 1.807) is 0 Å².